The number of hydrogen-bond donors (Lipinski definition) is 0. The third-order valence-corrected chi connectivity index (χ3v) is 5.51. The van der Waals surface area contributed by atoms with Gasteiger partial charge in [0.05, 0.1) is 5.75 Å². The quantitative estimate of drug-likeness (QED) is 0.775. The molecule has 0 bridgehead atoms. The molecule has 0 radical (unpaired) electrons. The van der Waals surface area contributed by atoms with E-state index in [2.05, 4.69) is 0 Å². The van der Waals surface area contributed by atoms with E-state index in [0.717, 1.165) is 16.7 Å². The fourth-order valence-corrected chi connectivity index (χ4v) is 3.95. The van der Waals surface area contributed by atoms with Gasteiger partial charge < -0.3 is 4.90 Å². The molecule has 0 unspecified atom stereocenters. The number of amides is 1. The predicted molar refractivity (Wildman–Crippen MR) is 97.3 cm³/mol. The van der Waals surface area contributed by atoms with Crippen LogP contribution in [-0.2, 0) is 21.2 Å². The third kappa shape index (κ3) is 4.93. The van der Waals surface area contributed by atoms with Crippen molar-refractivity contribution in [2.45, 2.75) is 19.9 Å². The molecule has 2 aromatic carbocycles. The van der Waals surface area contributed by atoms with Crippen LogP contribution in [-0.4, -0.2) is 37.8 Å². The van der Waals surface area contributed by atoms with Crippen molar-refractivity contribution in [2.24, 2.45) is 0 Å². The summed E-state index contributed by atoms with van der Waals surface area (Å²) in [6, 6.07) is 17.8. The van der Waals surface area contributed by atoms with Crippen LogP contribution >= 0.6 is 0 Å². The molecule has 0 saturated carbocycles. The van der Waals surface area contributed by atoms with Crippen molar-refractivity contribution in [3.63, 3.8) is 0 Å². The average Bonchev–Trinajstić information content (AvgIpc) is 2.55. The number of sulfone groups is 1. The number of hydrogen-bond acceptors (Lipinski definition) is 3. The molecular weight excluding hydrogens is 322 g/mol. The van der Waals surface area contributed by atoms with Crippen LogP contribution in [0.15, 0.2) is 54.6 Å². The van der Waals surface area contributed by atoms with Crippen molar-refractivity contribution in [1.82, 2.24) is 4.90 Å². The molecule has 0 saturated heterocycles. The SMILES string of the molecule is CCCS(=O)(=O)CC(=O)N(C)Cc1ccccc1-c1ccccc1. The summed E-state index contributed by atoms with van der Waals surface area (Å²) >= 11 is 0. The number of rotatable bonds is 7. The normalized spacial score (nSPS) is 11.2. The molecule has 0 spiro atoms. The predicted octanol–water partition coefficient (Wildman–Crippen LogP) is 3.14. The van der Waals surface area contributed by atoms with Crippen LogP contribution in [0.1, 0.15) is 18.9 Å². The van der Waals surface area contributed by atoms with Crippen molar-refractivity contribution >= 4 is 15.7 Å². The van der Waals surface area contributed by atoms with E-state index in [9.17, 15) is 13.2 Å². The Morgan fingerprint density at radius 3 is 2.29 bits per heavy atom. The van der Waals surface area contributed by atoms with Gasteiger partial charge in [0.25, 0.3) is 0 Å². The summed E-state index contributed by atoms with van der Waals surface area (Å²) in [5.41, 5.74) is 3.12. The molecule has 0 aliphatic carbocycles. The number of carbonyl (C=O) groups excluding carboxylic acids is 1. The molecule has 0 aromatic heterocycles. The van der Waals surface area contributed by atoms with Crippen LogP contribution in [0.25, 0.3) is 11.1 Å². The molecule has 4 nitrogen and oxygen atoms in total. The van der Waals surface area contributed by atoms with Gasteiger partial charge in [-0.2, -0.15) is 0 Å². The van der Waals surface area contributed by atoms with Gasteiger partial charge in [0.2, 0.25) is 5.91 Å². The van der Waals surface area contributed by atoms with E-state index in [-0.39, 0.29) is 11.7 Å². The highest BCUT2D eigenvalue weighted by molar-refractivity contribution is 7.92. The monoisotopic (exact) mass is 345 g/mol. The fourth-order valence-electron chi connectivity index (χ4n) is 2.58. The Kier molecular flexibility index (Phi) is 6.15. The Hall–Kier alpha value is -2.14. The first-order valence-electron chi connectivity index (χ1n) is 8.00. The molecule has 0 aliphatic heterocycles. The second kappa shape index (κ2) is 8.11. The lowest BCUT2D eigenvalue weighted by molar-refractivity contribution is -0.127. The number of benzene rings is 2. The third-order valence-electron chi connectivity index (χ3n) is 3.79. The first-order chi connectivity index (χ1) is 11.4. The zero-order valence-electron chi connectivity index (χ0n) is 14.1. The highest BCUT2D eigenvalue weighted by Crippen LogP contribution is 2.24. The summed E-state index contributed by atoms with van der Waals surface area (Å²) < 4.78 is 23.7. The van der Waals surface area contributed by atoms with E-state index in [4.69, 9.17) is 0 Å². The van der Waals surface area contributed by atoms with Crippen molar-refractivity contribution in [1.29, 1.82) is 0 Å². The van der Waals surface area contributed by atoms with Crippen molar-refractivity contribution < 1.29 is 13.2 Å². The van der Waals surface area contributed by atoms with Gasteiger partial charge in [0.15, 0.2) is 9.84 Å². The maximum atomic E-state index is 12.2. The smallest absolute Gasteiger partial charge is 0.237 e. The summed E-state index contributed by atoms with van der Waals surface area (Å²) in [6.45, 7) is 2.17. The maximum absolute atomic E-state index is 12.2. The van der Waals surface area contributed by atoms with Gasteiger partial charge >= 0.3 is 0 Å². The standard InChI is InChI=1S/C19H23NO3S/c1-3-13-24(22,23)15-19(21)20(2)14-17-11-7-8-12-18(17)16-9-5-4-6-10-16/h4-12H,3,13-15H2,1-2H3. The molecule has 2 aromatic rings. The van der Waals surface area contributed by atoms with Gasteiger partial charge in [-0.05, 0) is 23.1 Å². The van der Waals surface area contributed by atoms with Crippen LogP contribution in [0.5, 0.6) is 0 Å². The lowest BCUT2D eigenvalue weighted by Gasteiger charge is -2.19. The van der Waals surface area contributed by atoms with E-state index >= 15 is 0 Å². The average molecular weight is 345 g/mol. The second-order valence-electron chi connectivity index (χ2n) is 5.87. The molecule has 0 heterocycles. The molecule has 0 aliphatic rings. The minimum absolute atomic E-state index is 0.0488. The molecule has 5 heteroatoms. The van der Waals surface area contributed by atoms with Gasteiger partial charge in [0, 0.05) is 13.6 Å². The zero-order valence-corrected chi connectivity index (χ0v) is 14.9. The highest BCUT2D eigenvalue weighted by atomic mass is 32.2. The van der Waals surface area contributed by atoms with Crippen molar-refractivity contribution in [3.8, 4) is 11.1 Å². The molecule has 0 N–H and O–H groups in total. The summed E-state index contributed by atoms with van der Waals surface area (Å²) in [5, 5.41) is 0. The van der Waals surface area contributed by atoms with Gasteiger partial charge in [0.1, 0.15) is 5.75 Å². The van der Waals surface area contributed by atoms with Gasteiger partial charge in [-0.1, -0.05) is 61.5 Å². The lowest BCUT2D eigenvalue weighted by atomic mass is 9.99. The van der Waals surface area contributed by atoms with Crippen LogP contribution in [0.2, 0.25) is 0 Å². The number of carbonyl (C=O) groups is 1. The number of nitrogens with zero attached hydrogens (tertiary/aromatic N) is 1. The first kappa shape index (κ1) is 18.2. The molecule has 128 valence electrons. The van der Waals surface area contributed by atoms with E-state index < -0.39 is 15.6 Å². The summed E-state index contributed by atoms with van der Waals surface area (Å²) in [5.74, 6) is -0.746. The Morgan fingerprint density at radius 1 is 1.00 bits per heavy atom. The molecule has 2 rings (SSSR count). The molecule has 24 heavy (non-hydrogen) atoms. The fraction of sp³-hybridized carbons (Fsp3) is 0.316. The second-order valence-corrected chi connectivity index (χ2v) is 8.05. The lowest BCUT2D eigenvalue weighted by Crippen LogP contribution is -2.33. The summed E-state index contributed by atoms with van der Waals surface area (Å²) in [4.78, 5) is 13.7. The zero-order chi connectivity index (χ0) is 17.6. The van der Waals surface area contributed by atoms with E-state index in [1.807, 2.05) is 54.6 Å². The molecule has 0 fully saturated rings. The first-order valence-corrected chi connectivity index (χ1v) is 9.83. The Morgan fingerprint density at radius 2 is 1.62 bits per heavy atom. The van der Waals surface area contributed by atoms with Crippen molar-refractivity contribution in [2.75, 3.05) is 18.6 Å². The molecule has 0 atom stereocenters. The minimum atomic E-state index is -3.32. The highest BCUT2D eigenvalue weighted by Gasteiger charge is 2.19. The van der Waals surface area contributed by atoms with Crippen LogP contribution in [0.4, 0.5) is 0 Å². The maximum Gasteiger partial charge on any atom is 0.237 e. The molecule has 1 amide bonds. The molecular formula is C19H23NO3S. The topological polar surface area (TPSA) is 54.5 Å². The van der Waals surface area contributed by atoms with Crippen LogP contribution in [0.3, 0.4) is 0 Å². The van der Waals surface area contributed by atoms with Gasteiger partial charge in [-0.3, -0.25) is 4.79 Å². The van der Waals surface area contributed by atoms with Gasteiger partial charge in [-0.15, -0.1) is 0 Å². The van der Waals surface area contributed by atoms with Gasteiger partial charge in [-0.25, -0.2) is 8.42 Å². The van der Waals surface area contributed by atoms with Crippen LogP contribution < -0.4 is 0 Å². The van der Waals surface area contributed by atoms with E-state index in [0.29, 0.717) is 13.0 Å². The van der Waals surface area contributed by atoms with Crippen molar-refractivity contribution in [3.05, 3.63) is 60.2 Å². The summed E-state index contributed by atoms with van der Waals surface area (Å²) in [6.07, 6.45) is 0.524. The van der Waals surface area contributed by atoms with Crippen LogP contribution in [0, 0.1) is 0 Å². The Labute approximate surface area is 144 Å². The largest absolute Gasteiger partial charge is 0.341 e. The Bertz CT molecular complexity index is 785. The Balaban J connectivity index is 2.15. The summed E-state index contributed by atoms with van der Waals surface area (Å²) in [7, 11) is -1.68. The minimum Gasteiger partial charge on any atom is -0.341 e. The van der Waals surface area contributed by atoms with E-state index in [1.165, 1.54) is 4.90 Å². The van der Waals surface area contributed by atoms with E-state index in [1.54, 1.807) is 14.0 Å².